The van der Waals surface area contributed by atoms with Gasteiger partial charge in [0, 0.05) is 25.7 Å². The number of esters is 1. The highest BCUT2D eigenvalue weighted by Gasteiger charge is 2.39. The fourth-order valence-corrected chi connectivity index (χ4v) is 5.44. The molecule has 196 valence electrons. The summed E-state index contributed by atoms with van der Waals surface area (Å²) in [5.41, 5.74) is 0.840. The van der Waals surface area contributed by atoms with E-state index in [1.165, 1.54) is 19.8 Å². The minimum atomic E-state index is -4.75. The van der Waals surface area contributed by atoms with Gasteiger partial charge in [0.25, 0.3) is 5.19 Å². The Balaban J connectivity index is 1.45. The molecule has 0 amide bonds. The fourth-order valence-electron chi connectivity index (χ4n) is 4.57. The SMILES string of the molecule is COC(=O)CC1CCC(c2ccc(CC(=O)CCCC(=O)c3sc(OC)nc3C(F)(F)F)cc2)CC1. The normalized spacial score (nSPS) is 18.0. The molecule has 10 heteroatoms. The maximum Gasteiger partial charge on any atom is 0.435 e. The number of rotatable bonds is 11. The second-order valence-electron chi connectivity index (χ2n) is 9.09. The van der Waals surface area contributed by atoms with Crippen molar-refractivity contribution in [1.82, 2.24) is 4.98 Å². The summed E-state index contributed by atoms with van der Waals surface area (Å²) in [4.78, 5) is 39.1. The van der Waals surface area contributed by atoms with E-state index < -0.39 is 22.5 Å². The number of nitrogens with zero attached hydrogens (tertiary/aromatic N) is 1. The van der Waals surface area contributed by atoms with Gasteiger partial charge in [-0.15, -0.1) is 0 Å². The van der Waals surface area contributed by atoms with Crippen LogP contribution >= 0.6 is 11.3 Å². The van der Waals surface area contributed by atoms with Gasteiger partial charge in [-0.05, 0) is 55.1 Å². The van der Waals surface area contributed by atoms with Crippen LogP contribution in [0.15, 0.2) is 24.3 Å². The van der Waals surface area contributed by atoms with Gasteiger partial charge in [-0.3, -0.25) is 14.4 Å². The lowest BCUT2D eigenvalue weighted by Gasteiger charge is -2.28. The first kappa shape index (κ1) is 27.8. The molecular weight excluding hydrogens is 495 g/mol. The summed E-state index contributed by atoms with van der Waals surface area (Å²) in [5, 5.41) is -0.223. The molecule has 2 aromatic rings. The van der Waals surface area contributed by atoms with Crippen LogP contribution in [0.4, 0.5) is 13.2 Å². The number of Topliss-reactive ketones (excluding diaryl/α,β-unsaturated/α-hetero) is 2. The predicted octanol–water partition coefficient (Wildman–Crippen LogP) is 6.17. The van der Waals surface area contributed by atoms with E-state index in [-0.39, 0.29) is 42.6 Å². The first-order chi connectivity index (χ1) is 17.1. The molecule has 1 fully saturated rings. The summed E-state index contributed by atoms with van der Waals surface area (Å²) in [6, 6.07) is 7.93. The van der Waals surface area contributed by atoms with Gasteiger partial charge in [-0.1, -0.05) is 35.6 Å². The third kappa shape index (κ3) is 7.62. The highest BCUT2D eigenvalue weighted by Crippen LogP contribution is 2.38. The zero-order valence-corrected chi connectivity index (χ0v) is 21.2. The number of hydrogen-bond acceptors (Lipinski definition) is 7. The minimum absolute atomic E-state index is 0.0724. The monoisotopic (exact) mass is 525 g/mol. The van der Waals surface area contributed by atoms with Crippen molar-refractivity contribution in [3.63, 3.8) is 0 Å². The topological polar surface area (TPSA) is 82.6 Å². The van der Waals surface area contributed by atoms with Gasteiger partial charge >= 0.3 is 12.1 Å². The molecular formula is C26H30F3NO5S. The number of hydrogen-bond donors (Lipinski definition) is 0. The summed E-state index contributed by atoms with van der Waals surface area (Å²) >= 11 is 0.564. The number of aromatic nitrogens is 1. The Morgan fingerprint density at radius 1 is 1.03 bits per heavy atom. The maximum atomic E-state index is 13.1. The molecule has 36 heavy (non-hydrogen) atoms. The lowest BCUT2D eigenvalue weighted by Crippen LogP contribution is -2.17. The van der Waals surface area contributed by atoms with Gasteiger partial charge in [0.05, 0.1) is 14.2 Å². The van der Waals surface area contributed by atoms with Crippen molar-refractivity contribution >= 4 is 28.9 Å². The van der Waals surface area contributed by atoms with Gasteiger partial charge in [-0.2, -0.15) is 18.2 Å². The number of alkyl halides is 3. The van der Waals surface area contributed by atoms with Gasteiger partial charge in [0.1, 0.15) is 10.7 Å². The smallest absolute Gasteiger partial charge is 0.435 e. The third-order valence-electron chi connectivity index (χ3n) is 6.55. The minimum Gasteiger partial charge on any atom is -0.473 e. The molecule has 0 bridgehead atoms. The molecule has 6 nitrogen and oxygen atoms in total. The molecule has 1 heterocycles. The summed E-state index contributed by atoms with van der Waals surface area (Å²) in [5.74, 6) is -0.123. The van der Waals surface area contributed by atoms with Gasteiger partial charge in [0.2, 0.25) is 0 Å². The molecule has 1 aliphatic rings. The Labute approximate surface area is 212 Å². The highest BCUT2D eigenvalue weighted by molar-refractivity contribution is 7.15. The van der Waals surface area contributed by atoms with E-state index >= 15 is 0 Å². The van der Waals surface area contributed by atoms with Crippen LogP contribution in [-0.2, 0) is 26.9 Å². The Hall–Kier alpha value is -2.75. The number of carbonyl (C=O) groups is 3. The Bertz CT molecular complexity index is 1060. The van der Waals surface area contributed by atoms with Crippen LogP contribution in [0.1, 0.15) is 83.8 Å². The molecule has 1 aromatic carbocycles. The van der Waals surface area contributed by atoms with Crippen molar-refractivity contribution in [1.29, 1.82) is 0 Å². The highest BCUT2D eigenvalue weighted by atomic mass is 32.1. The first-order valence-electron chi connectivity index (χ1n) is 11.9. The number of halogens is 3. The maximum absolute atomic E-state index is 13.1. The van der Waals surface area contributed by atoms with E-state index in [9.17, 15) is 27.6 Å². The number of ether oxygens (including phenoxy) is 2. The van der Waals surface area contributed by atoms with Crippen molar-refractivity contribution in [3.8, 4) is 5.19 Å². The summed E-state index contributed by atoms with van der Waals surface area (Å²) < 4.78 is 48.9. The molecule has 1 aromatic heterocycles. The summed E-state index contributed by atoms with van der Waals surface area (Å²) in [6.45, 7) is 0. The molecule has 1 saturated carbocycles. The molecule has 0 radical (unpaired) electrons. The predicted molar refractivity (Wildman–Crippen MR) is 128 cm³/mol. The quantitative estimate of drug-likeness (QED) is 0.258. The molecule has 0 spiro atoms. The fraction of sp³-hybridized carbons (Fsp3) is 0.538. The number of ketones is 2. The zero-order chi connectivity index (χ0) is 26.3. The average Bonchev–Trinajstić information content (AvgIpc) is 3.30. The number of carbonyl (C=O) groups excluding carboxylic acids is 3. The first-order valence-corrected chi connectivity index (χ1v) is 12.7. The molecule has 3 rings (SSSR count). The molecule has 0 atom stereocenters. The van der Waals surface area contributed by atoms with Gasteiger partial charge < -0.3 is 9.47 Å². The second kappa shape index (κ2) is 12.5. The van der Waals surface area contributed by atoms with E-state index in [0.717, 1.165) is 31.2 Å². The molecule has 0 aliphatic heterocycles. The molecule has 0 saturated heterocycles. The van der Waals surface area contributed by atoms with Crippen LogP contribution in [0.25, 0.3) is 0 Å². The van der Waals surface area contributed by atoms with E-state index in [1.54, 1.807) is 0 Å². The van der Waals surface area contributed by atoms with E-state index in [1.807, 2.05) is 24.3 Å². The standard InChI is InChI=1S/C26H30F3NO5S/c1-34-22(33)15-17-8-12-19(13-9-17)18-10-6-16(7-11-18)14-20(31)4-3-5-21(32)23-24(26(27,28)29)30-25(35-2)36-23/h6-7,10-11,17,19H,3-5,8-9,12-15H2,1-2H3. The Morgan fingerprint density at radius 3 is 2.28 bits per heavy atom. The van der Waals surface area contributed by atoms with E-state index in [2.05, 4.69) is 4.98 Å². The van der Waals surface area contributed by atoms with Crippen molar-refractivity contribution in [2.24, 2.45) is 5.92 Å². The number of methoxy groups -OCH3 is 2. The zero-order valence-electron chi connectivity index (χ0n) is 20.4. The van der Waals surface area contributed by atoms with E-state index in [0.29, 0.717) is 29.6 Å². The Morgan fingerprint density at radius 2 is 1.69 bits per heavy atom. The van der Waals surface area contributed by atoms with Crippen LogP contribution in [0, 0.1) is 5.92 Å². The Kier molecular flexibility index (Phi) is 9.64. The average molecular weight is 526 g/mol. The molecule has 0 N–H and O–H groups in total. The molecule has 1 aliphatic carbocycles. The van der Waals surface area contributed by atoms with Crippen LogP contribution in [0.5, 0.6) is 5.19 Å². The van der Waals surface area contributed by atoms with Crippen LogP contribution in [0.3, 0.4) is 0 Å². The van der Waals surface area contributed by atoms with Crippen LogP contribution < -0.4 is 4.74 Å². The van der Waals surface area contributed by atoms with Crippen LogP contribution in [0.2, 0.25) is 0 Å². The van der Waals surface area contributed by atoms with Crippen molar-refractivity contribution in [2.45, 2.75) is 69.9 Å². The van der Waals surface area contributed by atoms with Crippen molar-refractivity contribution in [2.75, 3.05) is 14.2 Å². The molecule has 0 unspecified atom stereocenters. The van der Waals surface area contributed by atoms with Crippen molar-refractivity contribution in [3.05, 3.63) is 46.0 Å². The van der Waals surface area contributed by atoms with Crippen molar-refractivity contribution < 1.29 is 37.0 Å². The largest absolute Gasteiger partial charge is 0.473 e. The number of benzene rings is 1. The number of thiazole rings is 1. The summed E-state index contributed by atoms with van der Waals surface area (Å²) in [6.07, 6.45) is 0.0259. The summed E-state index contributed by atoms with van der Waals surface area (Å²) in [7, 11) is 2.60. The lowest BCUT2D eigenvalue weighted by molar-refractivity contribution is -0.142. The van der Waals surface area contributed by atoms with Gasteiger partial charge in [0.15, 0.2) is 11.5 Å². The third-order valence-corrected chi connectivity index (χ3v) is 7.60. The van der Waals surface area contributed by atoms with Gasteiger partial charge in [-0.25, -0.2) is 0 Å². The second-order valence-corrected chi connectivity index (χ2v) is 10.1. The van der Waals surface area contributed by atoms with E-state index in [4.69, 9.17) is 9.47 Å². The van der Waals surface area contributed by atoms with Crippen LogP contribution in [-0.4, -0.2) is 36.7 Å². The lowest BCUT2D eigenvalue weighted by atomic mass is 9.77.